The highest BCUT2D eigenvalue weighted by atomic mass is 16.5. The Labute approximate surface area is 99.1 Å². The van der Waals surface area contributed by atoms with Gasteiger partial charge in [-0.2, -0.15) is 0 Å². The largest absolute Gasteiger partial charge is 0.508 e. The van der Waals surface area contributed by atoms with E-state index in [1.54, 1.807) is 24.3 Å². The summed E-state index contributed by atoms with van der Waals surface area (Å²) in [5, 5.41) is 18.9. The minimum atomic E-state index is -0.794. The molecule has 0 amide bonds. The summed E-state index contributed by atoms with van der Waals surface area (Å²) in [6.45, 7) is 1.93. The SMILES string of the molecule is Cc1ccc(C(O)COc2ccc(O)cc2)o1. The lowest BCUT2D eigenvalue weighted by atomic mass is 10.3. The summed E-state index contributed by atoms with van der Waals surface area (Å²) < 4.78 is 10.6. The second-order valence-corrected chi connectivity index (χ2v) is 3.77. The van der Waals surface area contributed by atoms with E-state index in [0.29, 0.717) is 11.5 Å². The van der Waals surface area contributed by atoms with Gasteiger partial charge >= 0.3 is 0 Å². The third-order valence-electron chi connectivity index (χ3n) is 2.33. The number of furan rings is 1. The van der Waals surface area contributed by atoms with Crippen LogP contribution in [0.5, 0.6) is 11.5 Å². The number of phenols is 1. The molecule has 1 aromatic heterocycles. The van der Waals surface area contributed by atoms with Crippen LogP contribution in [0, 0.1) is 6.92 Å². The van der Waals surface area contributed by atoms with E-state index in [1.165, 1.54) is 12.1 Å². The summed E-state index contributed by atoms with van der Waals surface area (Å²) >= 11 is 0. The maximum absolute atomic E-state index is 9.78. The molecule has 1 heterocycles. The van der Waals surface area contributed by atoms with E-state index in [9.17, 15) is 5.11 Å². The van der Waals surface area contributed by atoms with E-state index in [2.05, 4.69) is 0 Å². The van der Waals surface area contributed by atoms with Crippen LogP contribution in [0.4, 0.5) is 0 Å². The fourth-order valence-corrected chi connectivity index (χ4v) is 1.43. The summed E-state index contributed by atoms with van der Waals surface area (Å²) in [5.74, 6) is 2.01. The minimum Gasteiger partial charge on any atom is -0.508 e. The van der Waals surface area contributed by atoms with Crippen molar-refractivity contribution in [2.24, 2.45) is 0 Å². The zero-order valence-electron chi connectivity index (χ0n) is 9.46. The van der Waals surface area contributed by atoms with Crippen molar-refractivity contribution >= 4 is 0 Å². The Hall–Kier alpha value is -1.94. The zero-order valence-corrected chi connectivity index (χ0v) is 9.46. The van der Waals surface area contributed by atoms with Crippen LogP contribution in [0.15, 0.2) is 40.8 Å². The van der Waals surface area contributed by atoms with Crippen molar-refractivity contribution in [3.63, 3.8) is 0 Å². The molecule has 0 radical (unpaired) electrons. The van der Waals surface area contributed by atoms with Gasteiger partial charge in [-0.25, -0.2) is 0 Å². The van der Waals surface area contributed by atoms with Gasteiger partial charge in [-0.3, -0.25) is 0 Å². The molecule has 0 fully saturated rings. The average Bonchev–Trinajstić information content (AvgIpc) is 2.75. The predicted octanol–water partition coefficient (Wildman–Crippen LogP) is 2.41. The molecule has 2 aromatic rings. The minimum absolute atomic E-state index is 0.109. The second-order valence-electron chi connectivity index (χ2n) is 3.77. The molecular formula is C13H14O4. The van der Waals surface area contributed by atoms with Crippen LogP contribution in [0.2, 0.25) is 0 Å². The molecular weight excluding hydrogens is 220 g/mol. The van der Waals surface area contributed by atoms with Crippen LogP contribution in [0.3, 0.4) is 0 Å². The van der Waals surface area contributed by atoms with Crippen LogP contribution in [-0.2, 0) is 0 Å². The van der Waals surface area contributed by atoms with Gasteiger partial charge in [0.1, 0.15) is 35.7 Å². The molecule has 4 heteroatoms. The molecule has 0 bridgehead atoms. The molecule has 0 saturated heterocycles. The van der Waals surface area contributed by atoms with Gasteiger partial charge in [0.05, 0.1) is 0 Å². The molecule has 0 aliphatic heterocycles. The summed E-state index contributed by atoms with van der Waals surface area (Å²) in [5.41, 5.74) is 0. The van der Waals surface area contributed by atoms with Gasteiger partial charge in [-0.05, 0) is 43.3 Å². The number of aromatic hydroxyl groups is 1. The third kappa shape index (κ3) is 3.01. The van der Waals surface area contributed by atoms with Gasteiger partial charge < -0.3 is 19.4 Å². The first-order valence-corrected chi connectivity index (χ1v) is 5.31. The van der Waals surface area contributed by atoms with E-state index < -0.39 is 6.10 Å². The van der Waals surface area contributed by atoms with Crippen LogP contribution >= 0.6 is 0 Å². The molecule has 0 aliphatic rings. The Morgan fingerprint density at radius 3 is 2.47 bits per heavy atom. The number of hydrogen-bond donors (Lipinski definition) is 2. The molecule has 4 nitrogen and oxygen atoms in total. The topological polar surface area (TPSA) is 62.8 Å². The standard InChI is InChI=1S/C13H14O4/c1-9-2-7-13(17-9)12(15)8-16-11-5-3-10(14)4-6-11/h2-7,12,14-15H,8H2,1H3. The van der Waals surface area contributed by atoms with Crippen molar-refractivity contribution in [3.05, 3.63) is 47.9 Å². The number of benzene rings is 1. The molecule has 1 aromatic carbocycles. The van der Waals surface area contributed by atoms with Crippen LogP contribution in [-0.4, -0.2) is 16.8 Å². The molecule has 2 N–H and O–H groups in total. The predicted molar refractivity (Wildman–Crippen MR) is 62.0 cm³/mol. The van der Waals surface area contributed by atoms with Crippen molar-refractivity contribution in [2.45, 2.75) is 13.0 Å². The maximum atomic E-state index is 9.78. The average molecular weight is 234 g/mol. The number of ether oxygens (including phenoxy) is 1. The number of aliphatic hydroxyl groups excluding tert-OH is 1. The van der Waals surface area contributed by atoms with Crippen molar-refractivity contribution in [1.29, 1.82) is 0 Å². The first-order chi connectivity index (χ1) is 8.15. The second kappa shape index (κ2) is 4.93. The molecule has 2 rings (SSSR count). The lowest BCUT2D eigenvalue weighted by molar-refractivity contribution is 0.0880. The quantitative estimate of drug-likeness (QED) is 0.852. The van der Waals surface area contributed by atoms with E-state index in [1.807, 2.05) is 6.92 Å². The van der Waals surface area contributed by atoms with Crippen LogP contribution in [0.1, 0.15) is 17.6 Å². The summed E-state index contributed by atoms with van der Waals surface area (Å²) in [6, 6.07) is 9.83. The van der Waals surface area contributed by atoms with E-state index in [-0.39, 0.29) is 12.4 Å². The Kier molecular flexibility index (Phi) is 3.35. The van der Waals surface area contributed by atoms with Crippen LogP contribution < -0.4 is 4.74 Å². The molecule has 0 aliphatic carbocycles. The molecule has 1 atom stereocenters. The Morgan fingerprint density at radius 2 is 1.88 bits per heavy atom. The normalized spacial score (nSPS) is 12.4. The van der Waals surface area contributed by atoms with Gasteiger partial charge in [0.25, 0.3) is 0 Å². The monoisotopic (exact) mass is 234 g/mol. The summed E-state index contributed by atoms with van der Waals surface area (Å²) in [4.78, 5) is 0. The molecule has 17 heavy (non-hydrogen) atoms. The Morgan fingerprint density at radius 1 is 1.18 bits per heavy atom. The van der Waals surface area contributed by atoms with Gasteiger partial charge in [0.15, 0.2) is 0 Å². The van der Waals surface area contributed by atoms with Gasteiger partial charge in [-0.15, -0.1) is 0 Å². The number of aliphatic hydroxyl groups is 1. The van der Waals surface area contributed by atoms with Gasteiger partial charge in [0, 0.05) is 0 Å². The maximum Gasteiger partial charge on any atom is 0.145 e. The lowest BCUT2D eigenvalue weighted by Gasteiger charge is -2.10. The van der Waals surface area contributed by atoms with Crippen molar-refractivity contribution in [2.75, 3.05) is 6.61 Å². The highest BCUT2D eigenvalue weighted by Gasteiger charge is 2.12. The molecule has 0 spiro atoms. The molecule has 1 unspecified atom stereocenters. The number of rotatable bonds is 4. The number of hydrogen-bond acceptors (Lipinski definition) is 4. The van der Waals surface area contributed by atoms with Crippen molar-refractivity contribution < 1.29 is 19.4 Å². The highest BCUT2D eigenvalue weighted by Crippen LogP contribution is 2.20. The number of phenolic OH excluding ortho intramolecular Hbond substituents is 1. The summed E-state index contributed by atoms with van der Waals surface area (Å²) in [6.07, 6.45) is -0.794. The van der Waals surface area contributed by atoms with Gasteiger partial charge in [0.2, 0.25) is 0 Å². The van der Waals surface area contributed by atoms with E-state index in [0.717, 1.165) is 5.76 Å². The van der Waals surface area contributed by atoms with E-state index >= 15 is 0 Å². The van der Waals surface area contributed by atoms with Crippen LogP contribution in [0.25, 0.3) is 0 Å². The van der Waals surface area contributed by atoms with Crippen molar-refractivity contribution in [1.82, 2.24) is 0 Å². The van der Waals surface area contributed by atoms with E-state index in [4.69, 9.17) is 14.3 Å². The molecule has 90 valence electrons. The smallest absolute Gasteiger partial charge is 0.145 e. The zero-order chi connectivity index (χ0) is 12.3. The first kappa shape index (κ1) is 11.5. The number of aryl methyl sites for hydroxylation is 1. The van der Waals surface area contributed by atoms with Gasteiger partial charge in [-0.1, -0.05) is 0 Å². The highest BCUT2D eigenvalue weighted by molar-refractivity contribution is 5.30. The Bertz CT molecular complexity index is 472. The third-order valence-corrected chi connectivity index (χ3v) is 2.33. The fraction of sp³-hybridized carbons (Fsp3) is 0.231. The summed E-state index contributed by atoms with van der Waals surface area (Å²) in [7, 11) is 0. The first-order valence-electron chi connectivity index (χ1n) is 5.31. The molecule has 0 saturated carbocycles. The van der Waals surface area contributed by atoms with Crippen molar-refractivity contribution in [3.8, 4) is 11.5 Å². The fourth-order valence-electron chi connectivity index (χ4n) is 1.43. The Balaban J connectivity index is 1.92. The lowest BCUT2D eigenvalue weighted by Crippen LogP contribution is -2.08.